The number of anilines is 1. The minimum absolute atomic E-state index is 0. The topological polar surface area (TPSA) is 114 Å². The van der Waals surface area contributed by atoms with E-state index in [1.807, 2.05) is 19.1 Å². The fraction of sp³-hybridized carbons (Fsp3) is 0.364. The van der Waals surface area contributed by atoms with E-state index in [0.717, 1.165) is 25.2 Å². The Morgan fingerprint density at radius 1 is 1.23 bits per heavy atom. The number of nitrogens with one attached hydrogen (secondary N) is 2. The summed E-state index contributed by atoms with van der Waals surface area (Å²) in [6, 6.07) is 11.3. The highest BCUT2D eigenvalue weighted by molar-refractivity contribution is 5.95. The maximum atomic E-state index is 11.9. The zero-order valence-electron chi connectivity index (χ0n) is 17.0. The Kier molecular flexibility index (Phi) is 8.50. The van der Waals surface area contributed by atoms with Crippen molar-refractivity contribution in [3.63, 3.8) is 0 Å². The van der Waals surface area contributed by atoms with Crippen molar-refractivity contribution in [2.45, 2.75) is 32.4 Å². The molecule has 30 heavy (non-hydrogen) atoms. The number of carboxylic acid groups (broad SMARTS) is 1. The van der Waals surface area contributed by atoms with E-state index >= 15 is 0 Å². The highest BCUT2D eigenvalue weighted by Crippen LogP contribution is 2.27. The van der Waals surface area contributed by atoms with E-state index in [9.17, 15) is 9.90 Å². The van der Waals surface area contributed by atoms with Gasteiger partial charge in [0.15, 0.2) is 0 Å². The van der Waals surface area contributed by atoms with Crippen molar-refractivity contribution >= 4 is 29.9 Å². The van der Waals surface area contributed by atoms with Gasteiger partial charge in [0.25, 0.3) is 0 Å². The number of hydrogen-bond acceptors (Lipinski definition) is 6. The Bertz CT molecular complexity index is 867. The highest BCUT2D eigenvalue weighted by Gasteiger charge is 2.18. The number of carbonyl (C=O) groups excluding carboxylic acids is 1. The van der Waals surface area contributed by atoms with Crippen molar-refractivity contribution in [3.05, 3.63) is 59.2 Å². The average Bonchev–Trinajstić information content (AvgIpc) is 3.19. The molecule has 162 valence electrons. The number of rotatable bonds is 9. The zero-order chi connectivity index (χ0) is 20.8. The summed E-state index contributed by atoms with van der Waals surface area (Å²) < 4.78 is 5.68. The van der Waals surface area contributed by atoms with E-state index in [0.29, 0.717) is 29.2 Å². The molecule has 0 aromatic heterocycles. The third-order valence-corrected chi connectivity index (χ3v) is 4.98. The quantitative estimate of drug-likeness (QED) is 0.414. The van der Waals surface area contributed by atoms with Gasteiger partial charge >= 0.3 is 0 Å². The van der Waals surface area contributed by atoms with Crippen LogP contribution in [0.3, 0.4) is 0 Å². The lowest BCUT2D eigenvalue weighted by molar-refractivity contribution is -0.307. The molecular formula is C22H28ClN4O3-. The fourth-order valence-electron chi connectivity index (χ4n) is 3.58. The molecule has 0 saturated carbocycles. The third kappa shape index (κ3) is 6.11. The number of ether oxygens (including phenoxy) is 1. The van der Waals surface area contributed by atoms with Gasteiger partial charge in [-0.25, -0.2) is 0 Å². The van der Waals surface area contributed by atoms with E-state index in [2.05, 4.69) is 10.2 Å². The van der Waals surface area contributed by atoms with E-state index in [-0.39, 0.29) is 18.2 Å². The highest BCUT2D eigenvalue weighted by atomic mass is 35.5. The summed E-state index contributed by atoms with van der Waals surface area (Å²) in [4.78, 5) is 14.3. The Hall–Kier alpha value is -2.77. The van der Waals surface area contributed by atoms with Crippen LogP contribution >= 0.6 is 12.4 Å². The molecule has 1 atom stereocenters. The number of nitrogen functional groups attached to an aromatic ring is 1. The van der Waals surface area contributed by atoms with Crippen molar-refractivity contribution in [2.24, 2.45) is 5.73 Å². The van der Waals surface area contributed by atoms with Gasteiger partial charge in [-0.3, -0.25) is 10.3 Å². The summed E-state index contributed by atoms with van der Waals surface area (Å²) >= 11 is 0. The molecule has 0 spiro atoms. The number of likely N-dealkylation sites (tertiary alicyclic amines) is 1. The lowest BCUT2D eigenvalue weighted by atomic mass is 10.0. The summed E-state index contributed by atoms with van der Waals surface area (Å²) in [5.41, 5.74) is 8.26. The van der Waals surface area contributed by atoms with Crippen LogP contribution in [0.2, 0.25) is 0 Å². The van der Waals surface area contributed by atoms with Gasteiger partial charge in [-0.2, -0.15) is 0 Å². The molecule has 0 bridgehead atoms. The maximum absolute atomic E-state index is 11.9. The van der Waals surface area contributed by atoms with E-state index in [1.54, 1.807) is 30.3 Å². The second kappa shape index (κ2) is 10.8. The van der Waals surface area contributed by atoms with Gasteiger partial charge in [0, 0.05) is 17.8 Å². The summed E-state index contributed by atoms with van der Waals surface area (Å²) in [6.45, 7) is 5.28. The Balaban J connectivity index is 0.00000320. The normalized spacial score (nSPS) is 14.6. The molecule has 2 aromatic carbocycles. The number of benzene rings is 2. The van der Waals surface area contributed by atoms with Crippen molar-refractivity contribution < 1.29 is 14.6 Å². The second-order valence-electron chi connectivity index (χ2n) is 7.21. The van der Waals surface area contributed by atoms with Crippen molar-refractivity contribution in [2.75, 3.05) is 25.0 Å². The number of nitrogens with zero attached hydrogens (tertiary/aromatic N) is 1. The molecule has 1 heterocycles. The van der Waals surface area contributed by atoms with Crippen molar-refractivity contribution in [3.8, 4) is 5.75 Å². The first-order valence-corrected chi connectivity index (χ1v) is 9.87. The van der Waals surface area contributed by atoms with Crippen LogP contribution in [0.4, 0.5) is 5.69 Å². The number of aliphatic carboxylic acids is 1. The lowest BCUT2D eigenvalue weighted by Crippen LogP contribution is -2.34. The number of nitrogens with two attached hydrogens (primary N) is 1. The van der Waals surface area contributed by atoms with E-state index < -0.39 is 12.0 Å². The van der Waals surface area contributed by atoms with Gasteiger partial charge in [0.1, 0.15) is 11.6 Å². The molecule has 0 aliphatic carbocycles. The van der Waals surface area contributed by atoms with Crippen molar-refractivity contribution in [1.29, 1.82) is 5.41 Å². The van der Waals surface area contributed by atoms with Crippen LogP contribution in [-0.2, 0) is 11.3 Å². The van der Waals surface area contributed by atoms with Gasteiger partial charge in [0.2, 0.25) is 0 Å². The largest absolute Gasteiger partial charge is 0.548 e. The van der Waals surface area contributed by atoms with E-state index in [4.69, 9.17) is 15.9 Å². The number of halogens is 1. The standard InChI is InChI=1S/C22H28N4O3.ClH/c1-2-29-19-12-15(14-26-9-3-4-10-26)11-17(13-19)20(22(27)28)25-18-7-5-16(6-8-18)21(23)24;/h5-8,11-13,20,25H,2-4,9-10,14H2,1H3,(H3,23,24)(H,27,28);1H/p-1. The van der Waals surface area contributed by atoms with Crippen LogP contribution in [0.1, 0.15) is 42.5 Å². The van der Waals surface area contributed by atoms with Gasteiger partial charge in [0.05, 0.1) is 18.6 Å². The minimum Gasteiger partial charge on any atom is -0.548 e. The van der Waals surface area contributed by atoms with Gasteiger partial charge in [-0.15, -0.1) is 12.4 Å². The van der Waals surface area contributed by atoms with Crippen molar-refractivity contribution in [1.82, 2.24) is 4.90 Å². The number of carbonyl (C=O) groups is 1. The predicted octanol–water partition coefficient (Wildman–Crippen LogP) is 2.29. The van der Waals surface area contributed by atoms with Crippen LogP contribution in [0.25, 0.3) is 0 Å². The molecule has 0 amide bonds. The number of amidine groups is 1. The zero-order valence-corrected chi connectivity index (χ0v) is 17.8. The Morgan fingerprint density at radius 3 is 2.47 bits per heavy atom. The first-order valence-electron chi connectivity index (χ1n) is 9.87. The molecule has 1 aliphatic rings. The summed E-state index contributed by atoms with van der Waals surface area (Å²) in [5, 5.41) is 22.4. The molecule has 1 saturated heterocycles. The molecule has 7 nitrogen and oxygen atoms in total. The fourth-order valence-corrected chi connectivity index (χ4v) is 3.58. The summed E-state index contributed by atoms with van der Waals surface area (Å²) in [6.07, 6.45) is 2.38. The number of carboxylic acids is 1. The Morgan fingerprint density at radius 2 is 1.90 bits per heavy atom. The molecule has 1 unspecified atom stereocenters. The summed E-state index contributed by atoms with van der Waals surface area (Å²) in [7, 11) is 0. The lowest BCUT2D eigenvalue weighted by Gasteiger charge is -2.24. The van der Waals surface area contributed by atoms with Gasteiger partial charge in [-0.05, 0) is 80.4 Å². The molecule has 8 heteroatoms. The monoisotopic (exact) mass is 431 g/mol. The first kappa shape index (κ1) is 23.5. The maximum Gasteiger partial charge on any atom is 0.122 e. The number of hydrogen-bond donors (Lipinski definition) is 3. The van der Waals surface area contributed by atoms with Gasteiger partial charge < -0.3 is 25.7 Å². The smallest absolute Gasteiger partial charge is 0.122 e. The molecule has 3 rings (SSSR count). The van der Waals surface area contributed by atoms with Crippen LogP contribution in [0.5, 0.6) is 5.75 Å². The minimum atomic E-state index is -1.22. The third-order valence-electron chi connectivity index (χ3n) is 4.98. The predicted molar refractivity (Wildman–Crippen MR) is 118 cm³/mol. The van der Waals surface area contributed by atoms with Crippen LogP contribution in [0.15, 0.2) is 42.5 Å². The van der Waals surface area contributed by atoms with Crippen LogP contribution in [0, 0.1) is 5.41 Å². The van der Waals surface area contributed by atoms with Crippen LogP contribution < -0.4 is 20.9 Å². The molecular weight excluding hydrogens is 404 g/mol. The molecule has 0 radical (unpaired) electrons. The average molecular weight is 432 g/mol. The SMILES string of the molecule is CCOc1cc(CN2CCCC2)cc(C(Nc2ccc(C(=N)N)cc2)C(=O)[O-])c1.Cl. The molecule has 2 aromatic rings. The molecule has 1 fully saturated rings. The molecule has 4 N–H and O–H groups in total. The molecule has 1 aliphatic heterocycles. The Labute approximate surface area is 183 Å². The first-order chi connectivity index (χ1) is 14.0. The van der Waals surface area contributed by atoms with E-state index in [1.165, 1.54) is 12.8 Å². The second-order valence-corrected chi connectivity index (χ2v) is 7.21. The van der Waals surface area contributed by atoms with Crippen LogP contribution in [-0.4, -0.2) is 36.4 Å². The van der Waals surface area contributed by atoms with Gasteiger partial charge in [-0.1, -0.05) is 6.07 Å². The summed E-state index contributed by atoms with van der Waals surface area (Å²) in [5.74, 6) is -0.607.